The SMILES string of the molecule is C=CCN1C(=O)[C@@H](Cc2c[nH]c3c(Cl)cccc23)NC1O. The highest BCUT2D eigenvalue weighted by Crippen LogP contribution is 2.26. The van der Waals surface area contributed by atoms with Crippen LogP contribution in [0.25, 0.3) is 10.9 Å². The lowest BCUT2D eigenvalue weighted by Crippen LogP contribution is -2.37. The van der Waals surface area contributed by atoms with E-state index in [1.807, 2.05) is 24.4 Å². The third-order valence-electron chi connectivity index (χ3n) is 3.73. The lowest BCUT2D eigenvalue weighted by molar-refractivity contribution is -0.133. The molecule has 1 aromatic carbocycles. The molecule has 110 valence electrons. The molecule has 3 N–H and O–H groups in total. The Balaban J connectivity index is 1.85. The molecule has 21 heavy (non-hydrogen) atoms. The largest absolute Gasteiger partial charge is 0.361 e. The molecule has 6 heteroatoms. The smallest absolute Gasteiger partial charge is 0.243 e. The number of aliphatic hydroxyl groups excluding tert-OH is 1. The van der Waals surface area contributed by atoms with Crippen molar-refractivity contribution < 1.29 is 9.90 Å². The summed E-state index contributed by atoms with van der Waals surface area (Å²) in [6, 6.07) is 5.21. The Hall–Kier alpha value is -1.82. The van der Waals surface area contributed by atoms with Crippen LogP contribution in [0.15, 0.2) is 37.1 Å². The molecule has 1 saturated heterocycles. The summed E-state index contributed by atoms with van der Waals surface area (Å²) in [5.41, 5.74) is 1.86. The Morgan fingerprint density at radius 1 is 1.48 bits per heavy atom. The molecule has 0 aliphatic carbocycles. The van der Waals surface area contributed by atoms with E-state index < -0.39 is 12.4 Å². The van der Waals surface area contributed by atoms with Crippen molar-refractivity contribution in [3.63, 3.8) is 0 Å². The van der Waals surface area contributed by atoms with Gasteiger partial charge in [-0.05, 0) is 18.1 Å². The fourth-order valence-electron chi connectivity index (χ4n) is 2.70. The average molecular weight is 306 g/mol. The minimum atomic E-state index is -0.964. The number of halogens is 1. The molecule has 1 aliphatic heterocycles. The van der Waals surface area contributed by atoms with E-state index in [1.54, 1.807) is 6.08 Å². The summed E-state index contributed by atoms with van der Waals surface area (Å²) in [6.45, 7) is 3.91. The number of carbonyl (C=O) groups excluding carboxylic acids is 1. The number of aliphatic hydroxyl groups is 1. The number of hydrogen-bond acceptors (Lipinski definition) is 3. The first-order valence-corrected chi connectivity index (χ1v) is 7.09. The highest BCUT2D eigenvalue weighted by molar-refractivity contribution is 6.35. The first kappa shape index (κ1) is 14.1. The van der Waals surface area contributed by atoms with Gasteiger partial charge in [0.25, 0.3) is 0 Å². The van der Waals surface area contributed by atoms with Crippen molar-refractivity contribution in [2.45, 2.75) is 18.8 Å². The van der Waals surface area contributed by atoms with Crippen LogP contribution in [0.5, 0.6) is 0 Å². The standard InChI is InChI=1S/C15H16ClN3O2/c1-2-6-19-14(20)12(18-15(19)21)7-9-8-17-13-10(9)4-3-5-11(13)16/h2-5,8,12,15,17-18,21H,1,6-7H2/t12-,15?/m1/s1. The summed E-state index contributed by atoms with van der Waals surface area (Å²) in [7, 11) is 0. The van der Waals surface area contributed by atoms with Crippen molar-refractivity contribution in [1.29, 1.82) is 0 Å². The molecule has 0 bridgehead atoms. The number of nitrogens with one attached hydrogen (secondary N) is 2. The van der Waals surface area contributed by atoms with Crippen LogP contribution in [0.1, 0.15) is 5.56 Å². The second-order valence-corrected chi connectivity index (χ2v) is 5.46. The molecule has 1 fully saturated rings. The van der Waals surface area contributed by atoms with E-state index in [2.05, 4.69) is 16.9 Å². The van der Waals surface area contributed by atoms with Gasteiger partial charge >= 0.3 is 0 Å². The van der Waals surface area contributed by atoms with Gasteiger partial charge in [-0.25, -0.2) is 0 Å². The van der Waals surface area contributed by atoms with Gasteiger partial charge in [0.2, 0.25) is 5.91 Å². The summed E-state index contributed by atoms with van der Waals surface area (Å²) in [6.07, 6.45) is 2.98. The molecule has 1 amide bonds. The molecule has 0 radical (unpaired) electrons. The zero-order chi connectivity index (χ0) is 15.0. The first-order chi connectivity index (χ1) is 10.1. The maximum Gasteiger partial charge on any atom is 0.243 e. The molecule has 0 spiro atoms. The van der Waals surface area contributed by atoms with Crippen molar-refractivity contribution in [3.05, 3.63) is 47.6 Å². The molecule has 3 rings (SSSR count). The fourth-order valence-corrected chi connectivity index (χ4v) is 2.93. The van der Waals surface area contributed by atoms with Gasteiger partial charge in [0.15, 0.2) is 6.35 Å². The third-order valence-corrected chi connectivity index (χ3v) is 4.04. The Bertz CT molecular complexity index is 697. The zero-order valence-corrected chi connectivity index (χ0v) is 12.1. The maximum atomic E-state index is 12.3. The van der Waals surface area contributed by atoms with Crippen LogP contribution in [0, 0.1) is 0 Å². The van der Waals surface area contributed by atoms with Crippen LogP contribution < -0.4 is 5.32 Å². The van der Waals surface area contributed by atoms with Gasteiger partial charge in [-0.15, -0.1) is 6.58 Å². The van der Waals surface area contributed by atoms with Crippen molar-refractivity contribution in [2.75, 3.05) is 6.54 Å². The van der Waals surface area contributed by atoms with Gasteiger partial charge in [0.1, 0.15) is 0 Å². The van der Waals surface area contributed by atoms with Gasteiger partial charge in [-0.2, -0.15) is 0 Å². The Morgan fingerprint density at radius 2 is 2.29 bits per heavy atom. The number of nitrogens with zero attached hydrogens (tertiary/aromatic N) is 1. The number of benzene rings is 1. The van der Waals surface area contributed by atoms with Gasteiger partial charge in [0.05, 0.1) is 16.6 Å². The molecule has 2 aromatic rings. The summed E-state index contributed by atoms with van der Waals surface area (Å²) in [5, 5.41) is 14.4. The van der Waals surface area contributed by atoms with Crippen LogP contribution in [0.3, 0.4) is 0 Å². The second-order valence-electron chi connectivity index (χ2n) is 5.05. The first-order valence-electron chi connectivity index (χ1n) is 6.72. The molecular formula is C15H16ClN3O2. The molecule has 1 aromatic heterocycles. The predicted octanol–water partition coefficient (Wildman–Crippen LogP) is 1.63. The van der Waals surface area contributed by atoms with Gasteiger partial charge in [-0.3, -0.25) is 15.0 Å². The van der Waals surface area contributed by atoms with E-state index in [0.717, 1.165) is 16.5 Å². The molecule has 2 atom stereocenters. The fraction of sp³-hybridized carbons (Fsp3) is 0.267. The van der Waals surface area contributed by atoms with Crippen LogP contribution in [-0.4, -0.2) is 39.8 Å². The van der Waals surface area contributed by atoms with Gasteiger partial charge in [0, 0.05) is 18.1 Å². The molecule has 0 saturated carbocycles. The van der Waals surface area contributed by atoms with Crippen molar-refractivity contribution in [2.24, 2.45) is 0 Å². The number of hydrogen-bond donors (Lipinski definition) is 3. The minimum Gasteiger partial charge on any atom is -0.361 e. The summed E-state index contributed by atoms with van der Waals surface area (Å²) < 4.78 is 0. The van der Waals surface area contributed by atoms with E-state index in [4.69, 9.17) is 11.6 Å². The Kier molecular flexibility index (Phi) is 3.71. The van der Waals surface area contributed by atoms with Crippen LogP contribution >= 0.6 is 11.6 Å². The maximum absolute atomic E-state index is 12.3. The minimum absolute atomic E-state index is 0.126. The van der Waals surface area contributed by atoms with Gasteiger partial charge < -0.3 is 10.1 Å². The van der Waals surface area contributed by atoms with Crippen LogP contribution in [-0.2, 0) is 11.2 Å². The number of amides is 1. The van der Waals surface area contributed by atoms with E-state index in [9.17, 15) is 9.90 Å². The number of para-hydroxylation sites is 1. The van der Waals surface area contributed by atoms with E-state index >= 15 is 0 Å². The predicted molar refractivity (Wildman–Crippen MR) is 81.9 cm³/mol. The summed E-state index contributed by atoms with van der Waals surface area (Å²) in [5.74, 6) is -0.126. The number of aromatic amines is 1. The normalized spacial score (nSPS) is 22.2. The van der Waals surface area contributed by atoms with Crippen LogP contribution in [0.4, 0.5) is 0 Å². The van der Waals surface area contributed by atoms with E-state index in [-0.39, 0.29) is 5.91 Å². The lowest BCUT2D eigenvalue weighted by atomic mass is 10.1. The summed E-state index contributed by atoms with van der Waals surface area (Å²) in [4.78, 5) is 16.7. The topological polar surface area (TPSA) is 68.4 Å². The number of aromatic nitrogens is 1. The van der Waals surface area contributed by atoms with E-state index in [0.29, 0.717) is 18.0 Å². The molecule has 1 aliphatic rings. The number of rotatable bonds is 4. The lowest BCUT2D eigenvalue weighted by Gasteiger charge is -2.16. The van der Waals surface area contributed by atoms with Crippen molar-refractivity contribution >= 4 is 28.4 Å². The highest BCUT2D eigenvalue weighted by Gasteiger charge is 2.37. The third kappa shape index (κ3) is 2.44. The molecule has 2 heterocycles. The second kappa shape index (κ2) is 5.52. The monoisotopic (exact) mass is 305 g/mol. The quantitative estimate of drug-likeness (QED) is 0.752. The highest BCUT2D eigenvalue weighted by atomic mass is 35.5. The Labute approximate surface area is 127 Å². The van der Waals surface area contributed by atoms with Crippen molar-refractivity contribution in [1.82, 2.24) is 15.2 Å². The van der Waals surface area contributed by atoms with Gasteiger partial charge in [-0.1, -0.05) is 29.8 Å². The van der Waals surface area contributed by atoms with Crippen molar-refractivity contribution in [3.8, 4) is 0 Å². The van der Waals surface area contributed by atoms with E-state index in [1.165, 1.54) is 4.90 Å². The molecule has 5 nitrogen and oxygen atoms in total. The summed E-state index contributed by atoms with van der Waals surface area (Å²) >= 11 is 6.13. The van der Waals surface area contributed by atoms with Crippen LogP contribution in [0.2, 0.25) is 5.02 Å². The average Bonchev–Trinajstić information content (AvgIpc) is 2.98. The number of H-pyrrole nitrogens is 1. The number of fused-ring (bicyclic) bond motifs is 1. The Morgan fingerprint density at radius 3 is 3.05 bits per heavy atom. The number of carbonyl (C=O) groups is 1. The zero-order valence-electron chi connectivity index (χ0n) is 11.3. The molecule has 1 unspecified atom stereocenters. The molecular weight excluding hydrogens is 290 g/mol.